The van der Waals surface area contributed by atoms with Crippen molar-refractivity contribution in [2.45, 2.75) is 32.2 Å². The maximum absolute atomic E-state index is 12.7. The van der Waals surface area contributed by atoms with E-state index in [0.29, 0.717) is 0 Å². The molecule has 0 spiro atoms. The summed E-state index contributed by atoms with van der Waals surface area (Å²) in [5.74, 6) is 1.03. The van der Waals surface area contributed by atoms with Gasteiger partial charge in [0.25, 0.3) is 0 Å². The Morgan fingerprint density at radius 3 is 2.72 bits per heavy atom. The molecule has 1 fully saturated rings. The van der Waals surface area contributed by atoms with Crippen LogP contribution in [0.5, 0.6) is 11.5 Å². The second kappa shape index (κ2) is 7.47. The van der Waals surface area contributed by atoms with Crippen molar-refractivity contribution in [2.75, 3.05) is 19.0 Å². The Balaban J connectivity index is 1.75. The number of phenols is 1. The van der Waals surface area contributed by atoms with Crippen molar-refractivity contribution in [1.29, 1.82) is 0 Å². The SMILES string of the molecule is CCc1ccc(NC(=O)N2CCCC2c2ccc(O)cc2)cc1OC. The first-order chi connectivity index (χ1) is 12.1. The summed E-state index contributed by atoms with van der Waals surface area (Å²) in [6.07, 6.45) is 2.78. The zero-order valence-electron chi connectivity index (χ0n) is 14.7. The first-order valence-electron chi connectivity index (χ1n) is 8.66. The number of rotatable bonds is 4. The fourth-order valence-corrected chi connectivity index (χ4v) is 3.36. The van der Waals surface area contributed by atoms with E-state index in [1.165, 1.54) is 0 Å². The minimum Gasteiger partial charge on any atom is -0.508 e. The van der Waals surface area contributed by atoms with Gasteiger partial charge >= 0.3 is 6.03 Å². The number of hydrogen-bond acceptors (Lipinski definition) is 3. The Labute approximate surface area is 148 Å². The highest BCUT2D eigenvalue weighted by atomic mass is 16.5. The summed E-state index contributed by atoms with van der Waals surface area (Å²) in [7, 11) is 1.64. The zero-order valence-corrected chi connectivity index (χ0v) is 14.7. The predicted molar refractivity (Wildman–Crippen MR) is 98.2 cm³/mol. The molecule has 2 aromatic rings. The van der Waals surface area contributed by atoms with Gasteiger partial charge in [0.15, 0.2) is 0 Å². The van der Waals surface area contributed by atoms with Crippen LogP contribution in [0, 0.1) is 0 Å². The molecule has 2 aromatic carbocycles. The monoisotopic (exact) mass is 340 g/mol. The third-order valence-electron chi connectivity index (χ3n) is 4.71. The minimum atomic E-state index is -0.109. The van der Waals surface area contributed by atoms with Crippen LogP contribution in [0.1, 0.15) is 36.9 Å². The van der Waals surface area contributed by atoms with Gasteiger partial charge in [0.05, 0.1) is 13.2 Å². The molecule has 0 aromatic heterocycles. The smallest absolute Gasteiger partial charge is 0.322 e. The van der Waals surface area contributed by atoms with Crippen LogP contribution in [0.3, 0.4) is 0 Å². The Bertz CT molecular complexity index is 743. The zero-order chi connectivity index (χ0) is 17.8. The summed E-state index contributed by atoms with van der Waals surface area (Å²) in [4.78, 5) is 14.6. The number of hydrogen-bond donors (Lipinski definition) is 2. The summed E-state index contributed by atoms with van der Waals surface area (Å²) in [6, 6.07) is 12.8. The maximum atomic E-state index is 12.7. The van der Waals surface area contributed by atoms with Crippen LogP contribution < -0.4 is 10.1 Å². The molecule has 2 amide bonds. The van der Waals surface area contributed by atoms with E-state index in [1.807, 2.05) is 35.2 Å². The summed E-state index contributed by atoms with van der Waals surface area (Å²) in [5.41, 5.74) is 2.89. The van der Waals surface area contributed by atoms with Gasteiger partial charge in [-0.1, -0.05) is 25.1 Å². The number of likely N-dealkylation sites (tertiary alicyclic amines) is 1. The van der Waals surface area contributed by atoms with Gasteiger partial charge in [0.2, 0.25) is 0 Å². The van der Waals surface area contributed by atoms with Gasteiger partial charge in [-0.05, 0) is 48.6 Å². The lowest BCUT2D eigenvalue weighted by Crippen LogP contribution is -2.34. The number of urea groups is 1. The lowest BCUT2D eigenvalue weighted by atomic mass is 10.0. The Hall–Kier alpha value is -2.69. The quantitative estimate of drug-likeness (QED) is 0.871. The lowest BCUT2D eigenvalue weighted by Gasteiger charge is -2.25. The number of aryl methyl sites for hydroxylation is 1. The molecule has 2 N–H and O–H groups in total. The van der Waals surface area contributed by atoms with Crippen molar-refractivity contribution in [1.82, 2.24) is 4.90 Å². The van der Waals surface area contributed by atoms with E-state index in [-0.39, 0.29) is 17.8 Å². The summed E-state index contributed by atoms with van der Waals surface area (Å²) < 4.78 is 5.40. The Kier molecular flexibility index (Phi) is 5.12. The van der Waals surface area contributed by atoms with Gasteiger partial charge in [0, 0.05) is 18.3 Å². The highest BCUT2D eigenvalue weighted by Gasteiger charge is 2.30. The van der Waals surface area contributed by atoms with Crippen molar-refractivity contribution >= 4 is 11.7 Å². The molecular formula is C20H24N2O3. The number of methoxy groups -OCH3 is 1. The van der Waals surface area contributed by atoms with Gasteiger partial charge in [-0.25, -0.2) is 4.79 Å². The number of anilines is 1. The van der Waals surface area contributed by atoms with Crippen molar-refractivity contribution in [3.05, 3.63) is 53.6 Å². The summed E-state index contributed by atoms with van der Waals surface area (Å²) in [6.45, 7) is 2.80. The number of phenolic OH excluding ortho intramolecular Hbond substituents is 1. The largest absolute Gasteiger partial charge is 0.508 e. The van der Waals surface area contributed by atoms with Crippen LogP contribution in [-0.2, 0) is 6.42 Å². The topological polar surface area (TPSA) is 61.8 Å². The van der Waals surface area contributed by atoms with Crippen LogP contribution in [0.2, 0.25) is 0 Å². The molecule has 1 atom stereocenters. The molecule has 0 saturated carbocycles. The van der Waals surface area contributed by atoms with E-state index in [9.17, 15) is 9.90 Å². The average Bonchev–Trinajstić information content (AvgIpc) is 3.12. The van der Waals surface area contributed by atoms with E-state index >= 15 is 0 Å². The normalized spacial score (nSPS) is 16.7. The number of nitrogens with one attached hydrogen (secondary N) is 1. The van der Waals surface area contributed by atoms with Crippen LogP contribution in [0.25, 0.3) is 0 Å². The van der Waals surface area contributed by atoms with E-state index in [2.05, 4.69) is 12.2 Å². The summed E-state index contributed by atoms with van der Waals surface area (Å²) >= 11 is 0. The Morgan fingerprint density at radius 1 is 1.28 bits per heavy atom. The number of nitrogens with zero attached hydrogens (tertiary/aromatic N) is 1. The molecule has 1 unspecified atom stereocenters. The number of aromatic hydroxyl groups is 1. The number of carbonyl (C=O) groups is 1. The minimum absolute atomic E-state index is 0.0393. The maximum Gasteiger partial charge on any atom is 0.322 e. The second-order valence-corrected chi connectivity index (χ2v) is 6.25. The van der Waals surface area contributed by atoms with Crippen molar-refractivity contribution in [2.24, 2.45) is 0 Å². The average molecular weight is 340 g/mol. The first-order valence-corrected chi connectivity index (χ1v) is 8.66. The fraction of sp³-hybridized carbons (Fsp3) is 0.350. The molecule has 0 aliphatic carbocycles. The number of carbonyl (C=O) groups excluding carboxylic acids is 1. The fourth-order valence-electron chi connectivity index (χ4n) is 3.36. The van der Waals surface area contributed by atoms with E-state index in [0.717, 1.165) is 48.4 Å². The van der Waals surface area contributed by atoms with Gasteiger partial charge in [-0.3, -0.25) is 0 Å². The van der Waals surface area contributed by atoms with E-state index < -0.39 is 0 Å². The van der Waals surface area contributed by atoms with Gasteiger partial charge < -0.3 is 20.1 Å². The Morgan fingerprint density at radius 2 is 2.04 bits per heavy atom. The number of ether oxygens (including phenoxy) is 1. The molecule has 0 bridgehead atoms. The molecule has 1 aliphatic rings. The lowest BCUT2D eigenvalue weighted by molar-refractivity contribution is 0.207. The molecule has 25 heavy (non-hydrogen) atoms. The predicted octanol–water partition coefficient (Wildman–Crippen LogP) is 4.33. The van der Waals surface area contributed by atoms with Crippen molar-refractivity contribution < 1.29 is 14.6 Å². The first kappa shape index (κ1) is 17.1. The van der Waals surface area contributed by atoms with Gasteiger partial charge in [-0.2, -0.15) is 0 Å². The molecule has 132 valence electrons. The van der Waals surface area contributed by atoms with Crippen molar-refractivity contribution in [3.63, 3.8) is 0 Å². The molecular weight excluding hydrogens is 316 g/mol. The molecule has 1 aliphatic heterocycles. The molecule has 1 saturated heterocycles. The highest BCUT2D eigenvalue weighted by Crippen LogP contribution is 2.33. The van der Waals surface area contributed by atoms with Crippen LogP contribution in [0.15, 0.2) is 42.5 Å². The standard InChI is InChI=1S/C20H24N2O3/c1-3-14-6-9-16(13-19(14)25-2)21-20(24)22-12-4-5-18(22)15-7-10-17(23)11-8-15/h6-11,13,18,23H,3-5,12H2,1-2H3,(H,21,24). The molecule has 1 heterocycles. The summed E-state index contributed by atoms with van der Waals surface area (Å²) in [5, 5.41) is 12.4. The molecule has 5 heteroatoms. The van der Waals surface area contributed by atoms with Crippen LogP contribution in [0.4, 0.5) is 10.5 Å². The van der Waals surface area contributed by atoms with E-state index in [4.69, 9.17) is 4.74 Å². The van der Waals surface area contributed by atoms with Crippen molar-refractivity contribution in [3.8, 4) is 11.5 Å². The van der Waals surface area contributed by atoms with E-state index in [1.54, 1.807) is 19.2 Å². The molecule has 5 nitrogen and oxygen atoms in total. The van der Waals surface area contributed by atoms with Crippen LogP contribution >= 0.6 is 0 Å². The van der Waals surface area contributed by atoms with Gasteiger partial charge in [0.1, 0.15) is 11.5 Å². The highest BCUT2D eigenvalue weighted by molar-refractivity contribution is 5.90. The van der Waals surface area contributed by atoms with Gasteiger partial charge in [-0.15, -0.1) is 0 Å². The second-order valence-electron chi connectivity index (χ2n) is 6.25. The van der Waals surface area contributed by atoms with Crippen LogP contribution in [-0.4, -0.2) is 29.7 Å². The third-order valence-corrected chi connectivity index (χ3v) is 4.71. The third kappa shape index (κ3) is 3.71. The number of benzene rings is 2. The number of amides is 2. The molecule has 0 radical (unpaired) electrons. The molecule has 3 rings (SSSR count).